The minimum atomic E-state index is -3.97. The first kappa shape index (κ1) is 24.8. The molecule has 3 N–H and O–H groups in total. The molecule has 9 nitrogen and oxygen atoms in total. The highest BCUT2D eigenvalue weighted by molar-refractivity contribution is 7.90. The number of carbonyl (C=O) groups is 3. The van der Waals surface area contributed by atoms with Crippen LogP contribution < -0.4 is 15.4 Å². The third kappa shape index (κ3) is 6.34. The lowest BCUT2D eigenvalue weighted by Crippen LogP contribution is -2.45. The Hall–Kier alpha value is -2.88. The van der Waals surface area contributed by atoms with E-state index in [9.17, 15) is 22.8 Å². The molecule has 0 radical (unpaired) electrons. The average Bonchev–Trinajstić information content (AvgIpc) is 3.07. The molecule has 3 rings (SSSR count). The zero-order valence-electron chi connectivity index (χ0n) is 19.1. The van der Waals surface area contributed by atoms with Gasteiger partial charge in [-0.1, -0.05) is 38.3 Å². The average molecular weight is 477 g/mol. The number of nitrogens with one attached hydrogen (secondary N) is 3. The van der Waals surface area contributed by atoms with E-state index in [1.807, 2.05) is 13.8 Å². The second-order valence-corrected chi connectivity index (χ2v) is 10.2. The van der Waals surface area contributed by atoms with Crippen molar-refractivity contribution in [1.29, 1.82) is 0 Å². The summed E-state index contributed by atoms with van der Waals surface area (Å²) in [6, 6.07) is 5.01. The molecule has 0 unspecified atom stereocenters. The van der Waals surface area contributed by atoms with Gasteiger partial charge in [0.1, 0.15) is 0 Å². The van der Waals surface area contributed by atoms with Crippen LogP contribution in [0.1, 0.15) is 57.9 Å². The van der Waals surface area contributed by atoms with Crippen molar-refractivity contribution in [3.8, 4) is 0 Å². The van der Waals surface area contributed by atoms with Gasteiger partial charge >= 0.3 is 12.1 Å². The SMILES string of the molecule is CCC1=C(C)CN(C(=O)NCCc2ccc(S(=O)(=O)NC(=O)NC3CCCCC3)cc2)C1=O. The fourth-order valence-corrected chi connectivity index (χ4v) is 5.17. The first-order chi connectivity index (χ1) is 15.7. The van der Waals surface area contributed by atoms with E-state index in [1.165, 1.54) is 17.0 Å². The maximum atomic E-state index is 12.5. The van der Waals surface area contributed by atoms with Gasteiger partial charge in [0.05, 0.1) is 11.4 Å². The number of rotatable bonds is 7. The number of amides is 5. The summed E-state index contributed by atoms with van der Waals surface area (Å²) in [7, 11) is -3.97. The van der Waals surface area contributed by atoms with Crippen molar-refractivity contribution in [2.45, 2.75) is 69.7 Å². The smallest absolute Gasteiger partial charge is 0.328 e. The van der Waals surface area contributed by atoms with Crippen LogP contribution in [0.4, 0.5) is 9.59 Å². The third-order valence-corrected chi connectivity index (χ3v) is 7.45. The van der Waals surface area contributed by atoms with Crippen LogP contribution in [-0.4, -0.2) is 50.4 Å². The lowest BCUT2D eigenvalue weighted by molar-refractivity contribution is -0.123. The van der Waals surface area contributed by atoms with Gasteiger partial charge in [0.15, 0.2) is 0 Å². The molecule has 33 heavy (non-hydrogen) atoms. The fourth-order valence-electron chi connectivity index (χ4n) is 4.25. The summed E-state index contributed by atoms with van der Waals surface area (Å²) < 4.78 is 27.0. The molecule has 0 spiro atoms. The van der Waals surface area contributed by atoms with E-state index in [1.54, 1.807) is 12.1 Å². The molecule has 10 heteroatoms. The molecule has 1 aliphatic carbocycles. The molecule has 0 atom stereocenters. The lowest BCUT2D eigenvalue weighted by Gasteiger charge is -2.22. The predicted octanol–water partition coefficient (Wildman–Crippen LogP) is 2.83. The quantitative estimate of drug-likeness (QED) is 0.558. The highest BCUT2D eigenvalue weighted by Gasteiger charge is 2.31. The maximum Gasteiger partial charge on any atom is 0.328 e. The van der Waals surface area contributed by atoms with Gasteiger partial charge in [0, 0.05) is 18.2 Å². The highest BCUT2D eigenvalue weighted by Crippen LogP contribution is 2.21. The monoisotopic (exact) mass is 476 g/mol. The Morgan fingerprint density at radius 1 is 1.09 bits per heavy atom. The predicted molar refractivity (Wildman–Crippen MR) is 124 cm³/mol. The van der Waals surface area contributed by atoms with E-state index < -0.39 is 22.1 Å². The number of imide groups is 1. The molecule has 1 aromatic carbocycles. The van der Waals surface area contributed by atoms with Crippen LogP contribution in [0.2, 0.25) is 0 Å². The first-order valence-corrected chi connectivity index (χ1v) is 12.9. The van der Waals surface area contributed by atoms with E-state index in [0.717, 1.165) is 43.2 Å². The summed E-state index contributed by atoms with van der Waals surface area (Å²) >= 11 is 0. The number of carbonyl (C=O) groups excluding carboxylic acids is 3. The van der Waals surface area contributed by atoms with Gasteiger partial charge in [0.25, 0.3) is 15.9 Å². The van der Waals surface area contributed by atoms with Gasteiger partial charge in [-0.15, -0.1) is 0 Å². The number of benzene rings is 1. The van der Waals surface area contributed by atoms with Crippen molar-refractivity contribution in [2.75, 3.05) is 13.1 Å². The second kappa shape index (κ2) is 10.8. The summed E-state index contributed by atoms with van der Waals surface area (Å²) in [6.45, 7) is 4.35. The number of nitrogens with zero attached hydrogens (tertiary/aromatic N) is 1. The maximum absolute atomic E-state index is 12.5. The van der Waals surface area contributed by atoms with Crippen LogP contribution in [-0.2, 0) is 21.2 Å². The zero-order valence-corrected chi connectivity index (χ0v) is 20.0. The molecule has 180 valence electrons. The molecule has 1 saturated carbocycles. The number of sulfonamides is 1. The highest BCUT2D eigenvalue weighted by atomic mass is 32.2. The largest absolute Gasteiger partial charge is 0.337 e. The molecule has 0 saturated heterocycles. The van der Waals surface area contributed by atoms with E-state index in [-0.39, 0.29) is 16.8 Å². The van der Waals surface area contributed by atoms with Crippen molar-refractivity contribution in [2.24, 2.45) is 0 Å². The van der Waals surface area contributed by atoms with E-state index >= 15 is 0 Å². The first-order valence-electron chi connectivity index (χ1n) is 11.4. The molecular formula is C23H32N4O5S. The van der Waals surface area contributed by atoms with Crippen molar-refractivity contribution in [1.82, 2.24) is 20.3 Å². The van der Waals surface area contributed by atoms with Gasteiger partial charge in [-0.2, -0.15) is 0 Å². The van der Waals surface area contributed by atoms with Gasteiger partial charge in [-0.3, -0.25) is 9.69 Å². The Labute approximate surface area is 195 Å². The van der Waals surface area contributed by atoms with Crippen LogP contribution in [0.5, 0.6) is 0 Å². The Morgan fingerprint density at radius 2 is 1.76 bits per heavy atom. The van der Waals surface area contributed by atoms with Gasteiger partial charge in [-0.05, 0) is 55.9 Å². The Bertz CT molecular complexity index is 1030. The summed E-state index contributed by atoms with van der Waals surface area (Å²) in [5.74, 6) is -0.248. The Morgan fingerprint density at radius 3 is 2.36 bits per heavy atom. The zero-order chi connectivity index (χ0) is 24.0. The minimum Gasteiger partial charge on any atom is -0.337 e. The summed E-state index contributed by atoms with van der Waals surface area (Å²) in [6.07, 6.45) is 5.99. The topological polar surface area (TPSA) is 125 Å². The summed E-state index contributed by atoms with van der Waals surface area (Å²) in [5.41, 5.74) is 2.41. The molecule has 0 aromatic heterocycles. The summed E-state index contributed by atoms with van der Waals surface area (Å²) in [4.78, 5) is 37.9. The third-order valence-electron chi connectivity index (χ3n) is 6.10. The van der Waals surface area contributed by atoms with Crippen LogP contribution in [0, 0.1) is 0 Å². The molecule has 5 amide bonds. The van der Waals surface area contributed by atoms with Crippen LogP contribution in [0.15, 0.2) is 40.3 Å². The second-order valence-electron chi connectivity index (χ2n) is 8.54. The molecular weight excluding hydrogens is 444 g/mol. The van der Waals surface area contributed by atoms with E-state index in [0.29, 0.717) is 31.5 Å². The van der Waals surface area contributed by atoms with Crippen LogP contribution >= 0.6 is 0 Å². The van der Waals surface area contributed by atoms with Crippen LogP contribution in [0.25, 0.3) is 0 Å². The number of hydrogen-bond donors (Lipinski definition) is 3. The van der Waals surface area contributed by atoms with Crippen molar-refractivity contribution in [3.63, 3.8) is 0 Å². The standard InChI is InChI=1S/C23H32N4O5S/c1-3-20-16(2)15-27(21(20)28)23(30)24-14-13-17-9-11-19(12-10-17)33(31,32)26-22(29)25-18-7-5-4-6-8-18/h9-12,18H,3-8,13-15H2,1-2H3,(H,24,30)(H2,25,26,29). The normalized spacial score (nSPS) is 17.3. The Balaban J connectivity index is 1.47. The molecule has 1 aromatic rings. The molecule has 1 heterocycles. The van der Waals surface area contributed by atoms with Crippen molar-refractivity contribution >= 4 is 28.0 Å². The molecule has 0 bridgehead atoms. The summed E-state index contributed by atoms with van der Waals surface area (Å²) in [5, 5.41) is 5.46. The van der Waals surface area contributed by atoms with E-state index in [4.69, 9.17) is 0 Å². The molecule has 1 fully saturated rings. The molecule has 1 aliphatic heterocycles. The van der Waals surface area contributed by atoms with Crippen molar-refractivity contribution in [3.05, 3.63) is 41.0 Å². The molecule has 2 aliphatic rings. The lowest BCUT2D eigenvalue weighted by atomic mass is 9.96. The van der Waals surface area contributed by atoms with Crippen molar-refractivity contribution < 1.29 is 22.8 Å². The van der Waals surface area contributed by atoms with Gasteiger partial charge < -0.3 is 10.6 Å². The van der Waals surface area contributed by atoms with Gasteiger partial charge in [0.2, 0.25) is 0 Å². The van der Waals surface area contributed by atoms with Crippen LogP contribution in [0.3, 0.4) is 0 Å². The van der Waals surface area contributed by atoms with Gasteiger partial charge in [-0.25, -0.2) is 22.7 Å². The number of hydrogen-bond acceptors (Lipinski definition) is 5. The Kier molecular flexibility index (Phi) is 8.12. The number of urea groups is 2. The van der Waals surface area contributed by atoms with E-state index in [2.05, 4.69) is 15.4 Å². The fraction of sp³-hybridized carbons (Fsp3) is 0.522. The minimum absolute atomic E-state index is 0.00890.